The number of para-hydroxylation sites is 3. The van der Waals surface area contributed by atoms with Crippen LogP contribution in [0.3, 0.4) is 0 Å². The lowest BCUT2D eigenvalue weighted by molar-refractivity contribution is 0.673. The molecule has 0 amide bonds. The zero-order chi connectivity index (χ0) is 36.0. The normalized spacial score (nSPS) is 12.0. The maximum absolute atomic E-state index is 6.83. The number of hydrogen-bond donors (Lipinski definition) is 0. The van der Waals surface area contributed by atoms with Crippen molar-refractivity contribution >= 4 is 86.0 Å². The van der Waals surface area contributed by atoms with Crippen molar-refractivity contribution in [2.45, 2.75) is 0 Å². The molecule has 0 atom stereocenters. The lowest BCUT2D eigenvalue weighted by Crippen LogP contribution is -2.01. The molecule has 256 valence electrons. The van der Waals surface area contributed by atoms with Crippen molar-refractivity contribution in [3.63, 3.8) is 0 Å². The van der Waals surface area contributed by atoms with Crippen LogP contribution in [0.2, 0.25) is 0 Å². The van der Waals surface area contributed by atoms with E-state index in [0.717, 1.165) is 81.6 Å². The van der Waals surface area contributed by atoms with Crippen LogP contribution in [0.25, 0.3) is 115 Å². The predicted molar refractivity (Wildman–Crippen MR) is 228 cm³/mol. The van der Waals surface area contributed by atoms with E-state index in [1.807, 2.05) is 24.3 Å². The molecule has 0 saturated heterocycles. The number of nitrogens with zero attached hydrogens (tertiary/aromatic N) is 4. The van der Waals surface area contributed by atoms with Gasteiger partial charge in [-0.15, -0.1) is 11.3 Å². The minimum atomic E-state index is 0.606. The molecule has 0 unspecified atom stereocenters. The first-order valence-corrected chi connectivity index (χ1v) is 19.2. The standard InChI is InChI=1S/C49H28N4OS/c1-3-14-29(15-4-1)47-50-48(37-22-13-21-35-32-19-9-12-25-42(32)55-46(35)37)52-49(51-47)38-28-40-43(36-20-7-10-23-39(36)53(40)30-16-5-2-6-17-30)44-33(38)26-27-34-31-18-8-11-24-41(31)54-45(34)44/h1-28H. The number of furan rings is 1. The smallest absolute Gasteiger partial charge is 0.165 e. The molecule has 4 aromatic heterocycles. The summed E-state index contributed by atoms with van der Waals surface area (Å²) in [5.41, 5.74) is 7.80. The summed E-state index contributed by atoms with van der Waals surface area (Å²) in [5.74, 6) is 1.87. The Balaban J connectivity index is 1.25. The summed E-state index contributed by atoms with van der Waals surface area (Å²) in [6.45, 7) is 0. The second kappa shape index (κ2) is 11.7. The van der Waals surface area contributed by atoms with Gasteiger partial charge in [-0.3, -0.25) is 0 Å². The van der Waals surface area contributed by atoms with Crippen molar-refractivity contribution in [2.75, 3.05) is 0 Å². The molecule has 12 aromatic rings. The van der Waals surface area contributed by atoms with E-state index in [-0.39, 0.29) is 0 Å². The Hall–Kier alpha value is -7.15. The molecule has 0 aliphatic rings. The third-order valence-corrected chi connectivity index (χ3v) is 12.1. The molecule has 0 fully saturated rings. The first kappa shape index (κ1) is 30.3. The molecular formula is C49H28N4OS. The summed E-state index contributed by atoms with van der Waals surface area (Å²) < 4.78 is 11.6. The van der Waals surface area contributed by atoms with Gasteiger partial charge in [-0.2, -0.15) is 0 Å². The van der Waals surface area contributed by atoms with Gasteiger partial charge in [0.05, 0.1) is 11.0 Å². The topological polar surface area (TPSA) is 56.7 Å². The van der Waals surface area contributed by atoms with E-state index < -0.39 is 0 Å². The summed E-state index contributed by atoms with van der Waals surface area (Å²) in [4.78, 5) is 15.9. The molecule has 5 nitrogen and oxygen atoms in total. The van der Waals surface area contributed by atoms with Gasteiger partial charge in [0.2, 0.25) is 0 Å². The van der Waals surface area contributed by atoms with Gasteiger partial charge in [-0.05, 0) is 53.9 Å². The van der Waals surface area contributed by atoms with Crippen LogP contribution in [0.15, 0.2) is 174 Å². The van der Waals surface area contributed by atoms with Crippen LogP contribution in [0.4, 0.5) is 0 Å². The van der Waals surface area contributed by atoms with E-state index in [9.17, 15) is 0 Å². The first-order chi connectivity index (χ1) is 27.3. The summed E-state index contributed by atoms with van der Waals surface area (Å²) in [6.07, 6.45) is 0. The monoisotopic (exact) mass is 720 g/mol. The lowest BCUT2D eigenvalue weighted by atomic mass is 9.96. The van der Waals surface area contributed by atoms with Crippen LogP contribution in [0, 0.1) is 0 Å². The number of rotatable bonds is 4. The molecule has 6 heteroatoms. The third kappa shape index (κ3) is 4.49. The van der Waals surface area contributed by atoms with Crippen LogP contribution in [-0.4, -0.2) is 19.5 Å². The first-order valence-electron chi connectivity index (χ1n) is 18.4. The Morgan fingerprint density at radius 2 is 1.09 bits per heavy atom. The minimum absolute atomic E-state index is 0.606. The van der Waals surface area contributed by atoms with E-state index in [4.69, 9.17) is 19.4 Å². The molecule has 0 bridgehead atoms. The van der Waals surface area contributed by atoms with E-state index in [2.05, 4.69) is 150 Å². The Labute approximate surface area is 318 Å². The van der Waals surface area contributed by atoms with Gasteiger partial charge in [0.25, 0.3) is 0 Å². The molecular weight excluding hydrogens is 693 g/mol. The molecule has 0 radical (unpaired) electrons. The van der Waals surface area contributed by atoms with Gasteiger partial charge < -0.3 is 8.98 Å². The van der Waals surface area contributed by atoms with E-state index >= 15 is 0 Å². The molecule has 4 heterocycles. The highest BCUT2D eigenvalue weighted by molar-refractivity contribution is 7.26. The SMILES string of the molecule is c1ccc(-c2nc(-c3cc4c(c5ccccc5n4-c4ccccc4)c4c3ccc3c5ccccc5oc34)nc(-c3cccc4c3sc3ccccc34)n2)cc1. The summed E-state index contributed by atoms with van der Waals surface area (Å²) in [5, 5.41) is 8.97. The summed E-state index contributed by atoms with van der Waals surface area (Å²) >= 11 is 1.78. The van der Waals surface area contributed by atoms with E-state index in [0.29, 0.717) is 17.5 Å². The summed E-state index contributed by atoms with van der Waals surface area (Å²) in [6, 6.07) is 59.4. The van der Waals surface area contributed by atoms with Crippen LogP contribution >= 0.6 is 11.3 Å². The molecule has 0 N–H and O–H groups in total. The quantitative estimate of drug-likeness (QED) is 0.182. The van der Waals surface area contributed by atoms with Crippen molar-refractivity contribution in [1.29, 1.82) is 0 Å². The van der Waals surface area contributed by atoms with Gasteiger partial charge in [-0.25, -0.2) is 15.0 Å². The molecule has 0 aliphatic carbocycles. The average molecular weight is 721 g/mol. The van der Waals surface area contributed by atoms with Crippen LogP contribution < -0.4 is 0 Å². The van der Waals surface area contributed by atoms with Crippen LogP contribution in [0.1, 0.15) is 0 Å². The number of benzene rings is 8. The average Bonchev–Trinajstić information content (AvgIpc) is 3.93. The minimum Gasteiger partial charge on any atom is -0.455 e. The van der Waals surface area contributed by atoms with Crippen molar-refractivity contribution < 1.29 is 4.42 Å². The zero-order valence-electron chi connectivity index (χ0n) is 29.3. The highest BCUT2D eigenvalue weighted by atomic mass is 32.1. The van der Waals surface area contributed by atoms with Gasteiger partial charge in [-0.1, -0.05) is 121 Å². The van der Waals surface area contributed by atoms with Gasteiger partial charge in [0.15, 0.2) is 17.5 Å². The van der Waals surface area contributed by atoms with Gasteiger partial charge >= 0.3 is 0 Å². The fourth-order valence-electron chi connectivity index (χ4n) is 8.43. The van der Waals surface area contributed by atoms with Crippen LogP contribution in [0.5, 0.6) is 0 Å². The second-order valence-corrected chi connectivity index (χ2v) is 15.0. The second-order valence-electron chi connectivity index (χ2n) is 13.9. The van der Waals surface area contributed by atoms with Crippen molar-refractivity contribution in [1.82, 2.24) is 19.5 Å². The largest absolute Gasteiger partial charge is 0.455 e. The molecule has 55 heavy (non-hydrogen) atoms. The van der Waals surface area contributed by atoms with Gasteiger partial charge in [0.1, 0.15) is 11.2 Å². The number of aromatic nitrogens is 4. The zero-order valence-corrected chi connectivity index (χ0v) is 30.1. The van der Waals surface area contributed by atoms with Crippen LogP contribution in [-0.2, 0) is 0 Å². The van der Waals surface area contributed by atoms with Gasteiger partial charge in [0, 0.05) is 69.5 Å². The Morgan fingerprint density at radius 3 is 1.95 bits per heavy atom. The third-order valence-electron chi connectivity index (χ3n) is 10.8. The lowest BCUT2D eigenvalue weighted by Gasteiger charge is -2.13. The molecule has 12 rings (SSSR count). The maximum Gasteiger partial charge on any atom is 0.165 e. The number of fused-ring (bicyclic) bond motifs is 12. The van der Waals surface area contributed by atoms with Crippen molar-refractivity contribution in [3.8, 4) is 39.9 Å². The summed E-state index contributed by atoms with van der Waals surface area (Å²) in [7, 11) is 0. The Bertz CT molecular complexity index is 3490. The Morgan fingerprint density at radius 1 is 0.436 bits per heavy atom. The van der Waals surface area contributed by atoms with E-state index in [1.165, 1.54) is 15.5 Å². The Kier molecular flexibility index (Phi) is 6.44. The molecule has 0 saturated carbocycles. The fraction of sp³-hybridized carbons (Fsp3) is 0. The number of thiophene rings is 1. The highest BCUT2D eigenvalue weighted by Gasteiger charge is 2.24. The molecule has 0 aliphatic heterocycles. The fourth-order valence-corrected chi connectivity index (χ4v) is 9.64. The predicted octanol–water partition coefficient (Wildman–Crippen LogP) is 13.4. The highest BCUT2D eigenvalue weighted by Crippen LogP contribution is 2.46. The number of hydrogen-bond acceptors (Lipinski definition) is 5. The molecule has 8 aromatic carbocycles. The van der Waals surface area contributed by atoms with Crippen molar-refractivity contribution in [3.05, 3.63) is 170 Å². The maximum atomic E-state index is 6.83. The molecule has 0 spiro atoms. The van der Waals surface area contributed by atoms with Crippen molar-refractivity contribution in [2.24, 2.45) is 0 Å². The van der Waals surface area contributed by atoms with E-state index in [1.54, 1.807) is 11.3 Å².